The van der Waals surface area contributed by atoms with E-state index >= 15 is 0 Å². The monoisotopic (exact) mass is 238 g/mol. The molecular formula is C14H22OS. The summed E-state index contributed by atoms with van der Waals surface area (Å²) in [6.07, 6.45) is 5.27. The number of phenolic OH excluding ortho intramolecular Hbond substituents is 1. The van der Waals surface area contributed by atoms with E-state index in [0.717, 1.165) is 16.9 Å². The molecule has 1 N–H and O–H groups in total. The lowest BCUT2D eigenvalue weighted by Crippen LogP contribution is -1.86. The molecule has 1 aromatic carbocycles. The molecule has 1 aromatic rings. The summed E-state index contributed by atoms with van der Waals surface area (Å²) in [5, 5.41) is 9.72. The number of hydrogen-bond donors (Lipinski definition) is 1. The second-order valence-electron chi connectivity index (χ2n) is 4.25. The molecule has 16 heavy (non-hydrogen) atoms. The maximum absolute atomic E-state index is 9.72. The molecule has 0 saturated carbocycles. The first kappa shape index (κ1) is 13.4. The highest BCUT2D eigenvalue weighted by atomic mass is 32.2. The van der Waals surface area contributed by atoms with Crippen LogP contribution in [0.1, 0.15) is 43.7 Å². The van der Waals surface area contributed by atoms with Crippen molar-refractivity contribution in [2.45, 2.75) is 45.3 Å². The van der Waals surface area contributed by atoms with Crippen molar-refractivity contribution < 1.29 is 5.11 Å². The van der Waals surface area contributed by atoms with E-state index in [1.54, 1.807) is 0 Å². The Hall–Kier alpha value is -0.630. The summed E-state index contributed by atoms with van der Waals surface area (Å²) in [5.41, 5.74) is 2.18. The second kappa shape index (κ2) is 7.61. The van der Waals surface area contributed by atoms with Crippen molar-refractivity contribution in [3.05, 3.63) is 29.3 Å². The fourth-order valence-corrected chi connectivity index (χ4v) is 2.63. The molecular weight excluding hydrogens is 216 g/mol. The first-order chi connectivity index (χ1) is 7.74. The van der Waals surface area contributed by atoms with Crippen molar-refractivity contribution >= 4 is 11.8 Å². The van der Waals surface area contributed by atoms with Crippen LogP contribution in [0.4, 0.5) is 0 Å². The number of benzene rings is 1. The van der Waals surface area contributed by atoms with Crippen LogP contribution in [0.2, 0.25) is 0 Å². The maximum atomic E-state index is 9.72. The van der Waals surface area contributed by atoms with Gasteiger partial charge in [-0.1, -0.05) is 38.3 Å². The van der Waals surface area contributed by atoms with Crippen LogP contribution >= 0.6 is 11.8 Å². The van der Waals surface area contributed by atoms with E-state index in [0.29, 0.717) is 5.75 Å². The van der Waals surface area contributed by atoms with Crippen molar-refractivity contribution in [1.29, 1.82) is 0 Å². The third-order valence-corrected chi connectivity index (χ3v) is 3.73. The zero-order valence-electron chi connectivity index (χ0n) is 10.3. The highest BCUT2D eigenvalue weighted by Gasteiger charge is 2.00. The molecule has 0 aliphatic heterocycles. The Morgan fingerprint density at radius 3 is 2.69 bits per heavy atom. The van der Waals surface area contributed by atoms with E-state index in [1.165, 1.54) is 31.4 Å². The number of unbranched alkanes of at least 4 members (excludes halogenated alkanes) is 3. The summed E-state index contributed by atoms with van der Waals surface area (Å²) in [6.45, 7) is 4.23. The van der Waals surface area contributed by atoms with Crippen molar-refractivity contribution in [2.24, 2.45) is 0 Å². The van der Waals surface area contributed by atoms with E-state index < -0.39 is 0 Å². The minimum absolute atomic E-state index is 0.445. The summed E-state index contributed by atoms with van der Waals surface area (Å²) in [6, 6.07) is 5.93. The Morgan fingerprint density at radius 1 is 1.19 bits per heavy atom. The molecule has 0 atom stereocenters. The number of hydrogen-bond acceptors (Lipinski definition) is 2. The van der Waals surface area contributed by atoms with Gasteiger partial charge >= 0.3 is 0 Å². The van der Waals surface area contributed by atoms with E-state index in [4.69, 9.17) is 0 Å². The van der Waals surface area contributed by atoms with Crippen LogP contribution in [-0.4, -0.2) is 10.9 Å². The lowest BCUT2D eigenvalue weighted by molar-refractivity contribution is 0.470. The predicted octanol–water partition coefficient (Wildman–Crippen LogP) is 4.51. The van der Waals surface area contributed by atoms with E-state index in [2.05, 4.69) is 13.0 Å². The predicted molar refractivity (Wildman–Crippen MR) is 73.1 cm³/mol. The standard InChI is InChI=1S/C14H22OS/c1-3-4-5-6-9-16-11-13-8-7-12(2)10-14(13)15/h7-8,10,15H,3-6,9,11H2,1-2H3. The van der Waals surface area contributed by atoms with Crippen LogP contribution in [0.5, 0.6) is 5.75 Å². The normalized spacial score (nSPS) is 10.6. The van der Waals surface area contributed by atoms with Crippen LogP contribution in [0.15, 0.2) is 18.2 Å². The van der Waals surface area contributed by atoms with Crippen LogP contribution in [0, 0.1) is 6.92 Å². The molecule has 0 aromatic heterocycles. The fraction of sp³-hybridized carbons (Fsp3) is 0.571. The third kappa shape index (κ3) is 4.93. The summed E-state index contributed by atoms with van der Waals surface area (Å²) < 4.78 is 0. The van der Waals surface area contributed by atoms with Crippen LogP contribution < -0.4 is 0 Å². The molecule has 0 aliphatic rings. The SMILES string of the molecule is CCCCCCSCc1ccc(C)cc1O. The molecule has 0 radical (unpaired) electrons. The van der Waals surface area contributed by atoms with E-state index in [-0.39, 0.29) is 0 Å². The molecule has 90 valence electrons. The second-order valence-corrected chi connectivity index (χ2v) is 5.35. The Bertz CT molecular complexity index is 310. The average Bonchev–Trinajstić information content (AvgIpc) is 2.26. The summed E-state index contributed by atoms with van der Waals surface area (Å²) >= 11 is 1.92. The number of rotatable bonds is 7. The molecule has 0 fully saturated rings. The highest BCUT2D eigenvalue weighted by Crippen LogP contribution is 2.23. The van der Waals surface area contributed by atoms with Crippen molar-refractivity contribution in [3.8, 4) is 5.75 Å². The lowest BCUT2D eigenvalue weighted by atomic mass is 10.1. The molecule has 0 saturated heterocycles. The fourth-order valence-electron chi connectivity index (χ4n) is 1.61. The van der Waals surface area contributed by atoms with Gasteiger partial charge in [0.05, 0.1) is 0 Å². The number of phenols is 1. The molecule has 1 rings (SSSR count). The Morgan fingerprint density at radius 2 is 2.00 bits per heavy atom. The third-order valence-electron chi connectivity index (χ3n) is 2.64. The number of aryl methyl sites for hydroxylation is 1. The van der Waals surface area contributed by atoms with Gasteiger partial charge in [-0.05, 0) is 30.7 Å². The van der Waals surface area contributed by atoms with Gasteiger partial charge in [-0.2, -0.15) is 11.8 Å². The molecule has 0 heterocycles. The molecule has 1 nitrogen and oxygen atoms in total. The number of thioether (sulfide) groups is 1. The largest absolute Gasteiger partial charge is 0.508 e. The van der Waals surface area contributed by atoms with E-state index in [1.807, 2.05) is 30.8 Å². The van der Waals surface area contributed by atoms with E-state index in [9.17, 15) is 5.11 Å². The first-order valence-electron chi connectivity index (χ1n) is 6.10. The molecule has 2 heteroatoms. The van der Waals surface area contributed by atoms with Gasteiger partial charge < -0.3 is 5.11 Å². The van der Waals surface area contributed by atoms with Crippen molar-refractivity contribution in [2.75, 3.05) is 5.75 Å². The smallest absolute Gasteiger partial charge is 0.119 e. The molecule has 0 unspecified atom stereocenters. The van der Waals surface area contributed by atoms with Gasteiger partial charge in [0.25, 0.3) is 0 Å². The van der Waals surface area contributed by atoms with Crippen LogP contribution in [0.25, 0.3) is 0 Å². The molecule has 0 aliphatic carbocycles. The summed E-state index contributed by atoms with van der Waals surface area (Å²) in [5.74, 6) is 2.58. The summed E-state index contributed by atoms with van der Waals surface area (Å²) in [7, 11) is 0. The van der Waals surface area contributed by atoms with Gasteiger partial charge in [-0.25, -0.2) is 0 Å². The van der Waals surface area contributed by atoms with Gasteiger partial charge in [0.2, 0.25) is 0 Å². The minimum Gasteiger partial charge on any atom is -0.508 e. The quantitative estimate of drug-likeness (QED) is 0.705. The lowest BCUT2D eigenvalue weighted by Gasteiger charge is -2.05. The van der Waals surface area contributed by atoms with Gasteiger partial charge in [-0.15, -0.1) is 0 Å². The Balaban J connectivity index is 2.21. The molecule has 0 amide bonds. The summed E-state index contributed by atoms with van der Waals surface area (Å²) in [4.78, 5) is 0. The van der Waals surface area contributed by atoms with Gasteiger partial charge in [0, 0.05) is 11.3 Å². The zero-order valence-corrected chi connectivity index (χ0v) is 11.1. The minimum atomic E-state index is 0.445. The number of aromatic hydroxyl groups is 1. The van der Waals surface area contributed by atoms with Gasteiger partial charge in [-0.3, -0.25) is 0 Å². The highest BCUT2D eigenvalue weighted by molar-refractivity contribution is 7.98. The van der Waals surface area contributed by atoms with Crippen LogP contribution in [0.3, 0.4) is 0 Å². The van der Waals surface area contributed by atoms with Crippen molar-refractivity contribution in [3.63, 3.8) is 0 Å². The topological polar surface area (TPSA) is 20.2 Å². The Labute approximate surface area is 103 Å². The molecule has 0 spiro atoms. The maximum Gasteiger partial charge on any atom is 0.119 e. The zero-order chi connectivity index (χ0) is 11.8. The average molecular weight is 238 g/mol. The van der Waals surface area contributed by atoms with Crippen LogP contribution in [-0.2, 0) is 5.75 Å². The first-order valence-corrected chi connectivity index (χ1v) is 7.25. The van der Waals surface area contributed by atoms with Gasteiger partial charge in [0.15, 0.2) is 0 Å². The Kier molecular flexibility index (Phi) is 6.39. The van der Waals surface area contributed by atoms with Gasteiger partial charge in [0.1, 0.15) is 5.75 Å². The molecule has 0 bridgehead atoms. The van der Waals surface area contributed by atoms with Crippen molar-refractivity contribution in [1.82, 2.24) is 0 Å².